The van der Waals surface area contributed by atoms with Crippen LogP contribution in [0.3, 0.4) is 0 Å². The van der Waals surface area contributed by atoms with Gasteiger partial charge in [-0.25, -0.2) is 4.79 Å². The molecule has 0 N–H and O–H groups in total. The lowest BCUT2D eigenvalue weighted by Gasteiger charge is -2.38. The molecule has 0 unspecified atom stereocenters. The van der Waals surface area contributed by atoms with Crippen LogP contribution in [-0.2, 0) is 9.47 Å². The molecular weight excluding hydrogens is 354 g/mol. The van der Waals surface area contributed by atoms with E-state index in [4.69, 9.17) is 21.1 Å². The van der Waals surface area contributed by atoms with Gasteiger partial charge in [0.15, 0.2) is 0 Å². The largest absolute Gasteiger partial charge is 0.444 e. The topological polar surface area (TPSA) is 54.9 Å². The Hall–Kier alpha value is -1.53. The summed E-state index contributed by atoms with van der Waals surface area (Å²) in [7, 11) is 0. The molecule has 0 bridgehead atoms. The molecule has 7 heteroatoms. The predicted octanol–water partition coefficient (Wildman–Crippen LogP) is 3.69. The fraction of sp³-hybridized carbons (Fsp3) is 0.684. The SMILES string of the molecule is CC(C)(C)OC(=O)N1CCN(c2cc(Cl)cnc2C2CCOCC2)CC1. The number of ether oxygens (including phenoxy) is 2. The molecule has 2 aliphatic heterocycles. The number of pyridine rings is 1. The third-order valence-electron chi connectivity index (χ3n) is 4.74. The van der Waals surface area contributed by atoms with Crippen molar-refractivity contribution in [3.8, 4) is 0 Å². The minimum atomic E-state index is -0.471. The Kier molecular flexibility index (Phi) is 5.92. The average Bonchev–Trinajstić information content (AvgIpc) is 2.61. The van der Waals surface area contributed by atoms with Crippen molar-refractivity contribution < 1.29 is 14.3 Å². The predicted molar refractivity (Wildman–Crippen MR) is 102 cm³/mol. The third-order valence-corrected chi connectivity index (χ3v) is 4.95. The zero-order valence-corrected chi connectivity index (χ0v) is 16.6. The summed E-state index contributed by atoms with van der Waals surface area (Å²) in [5.74, 6) is 0.403. The third kappa shape index (κ3) is 4.80. The maximum Gasteiger partial charge on any atom is 0.410 e. The molecule has 0 aliphatic carbocycles. The van der Waals surface area contributed by atoms with E-state index in [1.54, 1.807) is 11.1 Å². The van der Waals surface area contributed by atoms with E-state index in [0.29, 0.717) is 24.0 Å². The van der Waals surface area contributed by atoms with E-state index in [1.807, 2.05) is 26.8 Å². The Morgan fingerprint density at radius 2 is 1.88 bits per heavy atom. The van der Waals surface area contributed by atoms with Gasteiger partial charge in [0.25, 0.3) is 0 Å². The van der Waals surface area contributed by atoms with Crippen LogP contribution in [0.1, 0.15) is 45.2 Å². The lowest BCUT2D eigenvalue weighted by Crippen LogP contribution is -2.50. The van der Waals surface area contributed by atoms with Crippen molar-refractivity contribution in [3.05, 3.63) is 23.0 Å². The number of halogens is 1. The molecule has 1 aromatic rings. The van der Waals surface area contributed by atoms with Crippen molar-refractivity contribution in [2.75, 3.05) is 44.3 Å². The van der Waals surface area contributed by atoms with Crippen LogP contribution in [0, 0.1) is 0 Å². The van der Waals surface area contributed by atoms with E-state index < -0.39 is 5.60 Å². The van der Waals surface area contributed by atoms with Crippen LogP contribution in [0.4, 0.5) is 10.5 Å². The van der Waals surface area contributed by atoms with Crippen LogP contribution in [0.15, 0.2) is 12.3 Å². The monoisotopic (exact) mass is 381 g/mol. The maximum atomic E-state index is 12.3. The number of piperazine rings is 1. The van der Waals surface area contributed by atoms with Crippen LogP contribution in [-0.4, -0.2) is 61.0 Å². The first-order valence-corrected chi connectivity index (χ1v) is 9.67. The summed E-state index contributed by atoms with van der Waals surface area (Å²) in [5, 5.41) is 0.644. The van der Waals surface area contributed by atoms with E-state index in [0.717, 1.165) is 50.5 Å². The van der Waals surface area contributed by atoms with E-state index in [1.165, 1.54) is 0 Å². The Balaban J connectivity index is 1.69. The van der Waals surface area contributed by atoms with Gasteiger partial charge in [-0.2, -0.15) is 0 Å². The molecule has 6 nitrogen and oxygen atoms in total. The molecule has 2 aliphatic rings. The number of carbonyl (C=O) groups excluding carboxylic acids is 1. The zero-order chi connectivity index (χ0) is 18.7. The second kappa shape index (κ2) is 8.01. The molecule has 0 radical (unpaired) electrons. The summed E-state index contributed by atoms with van der Waals surface area (Å²) in [6.45, 7) is 9.98. The summed E-state index contributed by atoms with van der Waals surface area (Å²) in [6, 6.07) is 2.00. The highest BCUT2D eigenvalue weighted by atomic mass is 35.5. The van der Waals surface area contributed by atoms with Gasteiger partial charge in [-0.1, -0.05) is 11.6 Å². The van der Waals surface area contributed by atoms with E-state index >= 15 is 0 Å². The van der Waals surface area contributed by atoms with Gasteiger partial charge in [0, 0.05) is 51.5 Å². The van der Waals surface area contributed by atoms with Gasteiger partial charge in [-0.05, 0) is 39.7 Å². The first-order valence-electron chi connectivity index (χ1n) is 9.29. The van der Waals surface area contributed by atoms with Crippen molar-refractivity contribution in [2.24, 2.45) is 0 Å². The molecule has 0 atom stereocenters. The van der Waals surface area contributed by atoms with Crippen molar-refractivity contribution in [1.82, 2.24) is 9.88 Å². The molecule has 3 heterocycles. The maximum absolute atomic E-state index is 12.3. The second-order valence-electron chi connectivity index (χ2n) is 7.90. The molecule has 144 valence electrons. The van der Waals surface area contributed by atoms with E-state index in [9.17, 15) is 4.79 Å². The molecule has 26 heavy (non-hydrogen) atoms. The van der Waals surface area contributed by atoms with Gasteiger partial charge >= 0.3 is 6.09 Å². The molecule has 0 spiro atoms. The van der Waals surface area contributed by atoms with Crippen molar-refractivity contribution in [2.45, 2.75) is 45.1 Å². The Morgan fingerprint density at radius 3 is 2.50 bits per heavy atom. The van der Waals surface area contributed by atoms with Gasteiger partial charge in [0.1, 0.15) is 5.60 Å². The first-order chi connectivity index (χ1) is 12.3. The van der Waals surface area contributed by atoms with Gasteiger partial charge in [0.2, 0.25) is 0 Å². The lowest BCUT2D eigenvalue weighted by atomic mass is 9.94. The molecular formula is C19H28ClN3O3. The first kappa shape index (κ1) is 19.2. The summed E-state index contributed by atoms with van der Waals surface area (Å²) < 4.78 is 11.0. The highest BCUT2D eigenvalue weighted by Crippen LogP contribution is 2.34. The van der Waals surface area contributed by atoms with Crippen molar-refractivity contribution in [1.29, 1.82) is 0 Å². The zero-order valence-electron chi connectivity index (χ0n) is 15.8. The molecule has 0 saturated carbocycles. The van der Waals surface area contributed by atoms with Gasteiger partial charge in [-0.15, -0.1) is 0 Å². The molecule has 3 rings (SSSR count). The van der Waals surface area contributed by atoms with Crippen LogP contribution < -0.4 is 4.90 Å². The van der Waals surface area contributed by atoms with E-state index in [-0.39, 0.29) is 6.09 Å². The highest BCUT2D eigenvalue weighted by molar-refractivity contribution is 6.30. The molecule has 1 amide bonds. The Bertz CT molecular complexity index is 633. The van der Waals surface area contributed by atoms with Crippen LogP contribution >= 0.6 is 11.6 Å². The number of hydrogen-bond acceptors (Lipinski definition) is 5. The minimum absolute atomic E-state index is 0.244. The number of nitrogens with zero attached hydrogens (tertiary/aromatic N) is 3. The smallest absolute Gasteiger partial charge is 0.410 e. The number of anilines is 1. The summed E-state index contributed by atoms with van der Waals surface area (Å²) in [5.41, 5.74) is 1.72. The molecule has 2 fully saturated rings. The van der Waals surface area contributed by atoms with Crippen LogP contribution in [0.5, 0.6) is 0 Å². The fourth-order valence-corrected chi connectivity index (χ4v) is 3.59. The minimum Gasteiger partial charge on any atom is -0.444 e. The average molecular weight is 382 g/mol. The number of carbonyl (C=O) groups is 1. The Morgan fingerprint density at radius 1 is 1.23 bits per heavy atom. The van der Waals surface area contributed by atoms with Gasteiger partial charge in [-0.3, -0.25) is 4.98 Å². The molecule has 2 saturated heterocycles. The van der Waals surface area contributed by atoms with Crippen LogP contribution in [0.25, 0.3) is 0 Å². The number of aromatic nitrogens is 1. The number of hydrogen-bond donors (Lipinski definition) is 0. The second-order valence-corrected chi connectivity index (χ2v) is 8.34. The fourth-order valence-electron chi connectivity index (χ4n) is 3.43. The summed E-state index contributed by atoms with van der Waals surface area (Å²) >= 11 is 6.23. The van der Waals surface area contributed by atoms with Crippen LogP contribution in [0.2, 0.25) is 5.02 Å². The Labute approximate surface area is 160 Å². The van der Waals surface area contributed by atoms with Gasteiger partial charge in [0.05, 0.1) is 16.4 Å². The summed E-state index contributed by atoms with van der Waals surface area (Å²) in [4.78, 5) is 21.0. The molecule has 1 aromatic heterocycles. The van der Waals surface area contributed by atoms with Crippen molar-refractivity contribution in [3.63, 3.8) is 0 Å². The lowest BCUT2D eigenvalue weighted by molar-refractivity contribution is 0.0240. The molecule has 0 aromatic carbocycles. The number of rotatable bonds is 2. The van der Waals surface area contributed by atoms with Gasteiger partial charge < -0.3 is 19.3 Å². The quantitative estimate of drug-likeness (QED) is 0.782. The van der Waals surface area contributed by atoms with Crippen molar-refractivity contribution >= 4 is 23.4 Å². The standard InChI is InChI=1S/C19H28ClN3O3/c1-19(2,3)26-18(24)23-8-6-22(7-9-23)16-12-15(20)13-21-17(16)14-4-10-25-11-5-14/h12-14H,4-11H2,1-3H3. The van der Waals surface area contributed by atoms with E-state index in [2.05, 4.69) is 9.88 Å². The highest BCUT2D eigenvalue weighted by Gasteiger charge is 2.29. The number of amides is 1. The normalized spacial score (nSPS) is 19.5. The summed E-state index contributed by atoms with van der Waals surface area (Å²) in [6.07, 6.45) is 3.46.